The number of anilines is 1. The Kier molecular flexibility index (Phi) is 3.66. The highest BCUT2D eigenvalue weighted by Gasteiger charge is 2.11. The Balaban J connectivity index is 1.80. The minimum Gasteiger partial charge on any atom is -0.460 e. The number of halogens is 2. The van der Waals surface area contributed by atoms with Gasteiger partial charge in [-0.15, -0.1) is 0 Å². The number of nitrogens with zero attached hydrogens (tertiary/aromatic N) is 1. The van der Waals surface area contributed by atoms with E-state index in [1.165, 1.54) is 18.2 Å². The van der Waals surface area contributed by atoms with E-state index in [2.05, 4.69) is 15.5 Å². The maximum Gasteiger partial charge on any atom is 0.152 e. The Hall–Kier alpha value is -2.27. The number of hydrogen-bond acceptors (Lipinski definition) is 3. The Morgan fingerprint density at radius 1 is 1.33 bits per heavy atom. The van der Waals surface area contributed by atoms with Crippen molar-refractivity contribution in [1.82, 2.24) is 10.2 Å². The molecule has 0 radical (unpaired) electrons. The maximum atomic E-state index is 13.2. The van der Waals surface area contributed by atoms with Gasteiger partial charge in [-0.1, -0.05) is 11.6 Å². The molecule has 0 unspecified atom stereocenters. The minimum absolute atomic E-state index is 0.337. The zero-order valence-corrected chi connectivity index (χ0v) is 12.0. The number of rotatable bonds is 4. The van der Waals surface area contributed by atoms with Crippen LogP contribution in [0.15, 0.2) is 40.9 Å². The van der Waals surface area contributed by atoms with Gasteiger partial charge in [-0.05, 0) is 37.3 Å². The van der Waals surface area contributed by atoms with Gasteiger partial charge in [-0.3, -0.25) is 5.10 Å². The minimum atomic E-state index is -0.337. The largest absolute Gasteiger partial charge is 0.460 e. The van der Waals surface area contributed by atoms with E-state index >= 15 is 0 Å². The molecule has 0 saturated carbocycles. The number of nitrogens with one attached hydrogen (secondary N) is 2. The normalized spacial score (nSPS) is 10.8. The van der Waals surface area contributed by atoms with Crippen LogP contribution in [0.2, 0.25) is 5.02 Å². The fourth-order valence-electron chi connectivity index (χ4n) is 2.05. The third kappa shape index (κ3) is 2.92. The lowest BCUT2D eigenvalue weighted by Gasteiger charge is -2.08. The van der Waals surface area contributed by atoms with E-state index in [1.54, 1.807) is 6.20 Å². The maximum absolute atomic E-state index is 13.2. The van der Waals surface area contributed by atoms with Crippen molar-refractivity contribution < 1.29 is 8.81 Å². The van der Waals surface area contributed by atoms with Gasteiger partial charge in [0.25, 0.3) is 0 Å². The average molecular weight is 306 g/mol. The van der Waals surface area contributed by atoms with E-state index in [9.17, 15) is 4.39 Å². The second-order valence-corrected chi connectivity index (χ2v) is 5.07. The number of aromatic amines is 1. The Morgan fingerprint density at radius 2 is 2.19 bits per heavy atom. The zero-order chi connectivity index (χ0) is 14.8. The van der Waals surface area contributed by atoms with Gasteiger partial charge in [0.1, 0.15) is 17.3 Å². The third-order valence-electron chi connectivity index (χ3n) is 3.10. The quantitative estimate of drug-likeness (QED) is 0.752. The smallest absolute Gasteiger partial charge is 0.152 e. The van der Waals surface area contributed by atoms with Gasteiger partial charge in [0.15, 0.2) is 5.76 Å². The molecule has 0 spiro atoms. The summed E-state index contributed by atoms with van der Waals surface area (Å²) >= 11 is 6.03. The zero-order valence-electron chi connectivity index (χ0n) is 11.3. The molecule has 2 aromatic heterocycles. The highest BCUT2D eigenvalue weighted by atomic mass is 35.5. The molecule has 3 aromatic rings. The van der Waals surface area contributed by atoms with Crippen molar-refractivity contribution in [3.63, 3.8) is 0 Å². The second kappa shape index (κ2) is 5.61. The van der Waals surface area contributed by atoms with E-state index in [4.69, 9.17) is 16.0 Å². The van der Waals surface area contributed by atoms with Crippen molar-refractivity contribution in [2.24, 2.45) is 0 Å². The highest BCUT2D eigenvalue weighted by molar-refractivity contribution is 6.33. The summed E-state index contributed by atoms with van der Waals surface area (Å²) in [5.74, 6) is 1.20. The molecule has 2 N–H and O–H groups in total. The molecular weight excluding hydrogens is 293 g/mol. The van der Waals surface area contributed by atoms with Crippen molar-refractivity contribution in [3.05, 3.63) is 58.7 Å². The van der Waals surface area contributed by atoms with Crippen LogP contribution in [0.4, 0.5) is 10.1 Å². The predicted molar refractivity (Wildman–Crippen MR) is 79.8 cm³/mol. The molecule has 4 nitrogen and oxygen atoms in total. The monoisotopic (exact) mass is 305 g/mol. The predicted octanol–water partition coefficient (Wildman–Crippen LogP) is 4.38. The number of furan rings is 1. The first-order chi connectivity index (χ1) is 10.1. The molecule has 0 saturated heterocycles. The van der Waals surface area contributed by atoms with Crippen LogP contribution in [-0.4, -0.2) is 10.2 Å². The molecule has 1 aromatic carbocycles. The summed E-state index contributed by atoms with van der Waals surface area (Å²) in [6.07, 6.45) is 1.70. The van der Waals surface area contributed by atoms with E-state index in [0.717, 1.165) is 17.0 Å². The van der Waals surface area contributed by atoms with Crippen molar-refractivity contribution in [2.75, 3.05) is 5.32 Å². The fourth-order valence-corrected chi connectivity index (χ4v) is 2.24. The average Bonchev–Trinajstić information content (AvgIpc) is 3.08. The molecule has 21 heavy (non-hydrogen) atoms. The standard InChI is InChI=1S/C15H13ClFN3O/c1-9-2-5-14(21-9)15-10(8-19-20-15)7-18-13-6-11(17)3-4-12(13)16/h2-6,8,18H,7H2,1H3,(H,19,20). The molecule has 0 fully saturated rings. The molecule has 0 atom stereocenters. The SMILES string of the molecule is Cc1ccc(-c2[nH]ncc2CNc2cc(F)ccc2Cl)o1. The van der Waals surface area contributed by atoms with Gasteiger partial charge >= 0.3 is 0 Å². The lowest BCUT2D eigenvalue weighted by molar-refractivity contribution is 0.545. The number of H-pyrrole nitrogens is 1. The number of aromatic nitrogens is 2. The fraction of sp³-hybridized carbons (Fsp3) is 0.133. The van der Waals surface area contributed by atoms with E-state index < -0.39 is 0 Å². The Labute approximate surface area is 125 Å². The first kappa shape index (κ1) is 13.7. The van der Waals surface area contributed by atoms with Gasteiger partial charge in [0, 0.05) is 12.1 Å². The first-order valence-electron chi connectivity index (χ1n) is 6.41. The van der Waals surface area contributed by atoms with Crippen molar-refractivity contribution in [1.29, 1.82) is 0 Å². The summed E-state index contributed by atoms with van der Waals surface area (Å²) in [5, 5.41) is 10.5. The van der Waals surface area contributed by atoms with E-state index in [-0.39, 0.29) is 5.82 Å². The van der Waals surface area contributed by atoms with Gasteiger partial charge in [0.05, 0.1) is 16.9 Å². The van der Waals surface area contributed by atoms with Crippen LogP contribution in [0, 0.1) is 12.7 Å². The molecule has 0 aliphatic carbocycles. The summed E-state index contributed by atoms with van der Waals surface area (Å²) in [7, 11) is 0. The molecule has 3 rings (SSSR count). The van der Waals surface area contributed by atoms with Crippen LogP contribution in [0.3, 0.4) is 0 Å². The summed E-state index contributed by atoms with van der Waals surface area (Å²) < 4.78 is 18.8. The summed E-state index contributed by atoms with van der Waals surface area (Å²) in [6, 6.07) is 7.96. The van der Waals surface area contributed by atoms with Crippen molar-refractivity contribution in [2.45, 2.75) is 13.5 Å². The van der Waals surface area contributed by atoms with Gasteiger partial charge in [-0.2, -0.15) is 5.10 Å². The summed E-state index contributed by atoms with van der Waals surface area (Å²) in [5.41, 5.74) is 2.24. The van der Waals surface area contributed by atoms with Crippen molar-refractivity contribution >= 4 is 17.3 Å². The molecule has 0 aliphatic heterocycles. The molecule has 108 valence electrons. The van der Waals surface area contributed by atoms with Crippen LogP contribution >= 0.6 is 11.6 Å². The third-order valence-corrected chi connectivity index (χ3v) is 3.43. The Bertz CT molecular complexity index is 766. The highest BCUT2D eigenvalue weighted by Crippen LogP contribution is 2.26. The number of hydrogen-bond donors (Lipinski definition) is 2. The number of benzene rings is 1. The lowest BCUT2D eigenvalue weighted by atomic mass is 10.2. The van der Waals surface area contributed by atoms with Crippen molar-refractivity contribution in [3.8, 4) is 11.5 Å². The van der Waals surface area contributed by atoms with Gasteiger partial charge < -0.3 is 9.73 Å². The first-order valence-corrected chi connectivity index (χ1v) is 6.79. The second-order valence-electron chi connectivity index (χ2n) is 4.66. The van der Waals surface area contributed by atoms with Crippen LogP contribution in [0.5, 0.6) is 0 Å². The molecule has 0 bridgehead atoms. The number of aryl methyl sites for hydroxylation is 1. The molecule has 0 aliphatic rings. The van der Waals surface area contributed by atoms with E-state index in [1.807, 2.05) is 19.1 Å². The van der Waals surface area contributed by atoms with Crippen LogP contribution in [0.1, 0.15) is 11.3 Å². The summed E-state index contributed by atoms with van der Waals surface area (Å²) in [6.45, 7) is 2.33. The van der Waals surface area contributed by atoms with Crippen LogP contribution < -0.4 is 5.32 Å². The topological polar surface area (TPSA) is 53.9 Å². The molecule has 6 heteroatoms. The van der Waals surface area contributed by atoms with Gasteiger partial charge in [-0.25, -0.2) is 4.39 Å². The van der Waals surface area contributed by atoms with Gasteiger partial charge in [0.2, 0.25) is 0 Å². The molecule has 0 amide bonds. The van der Waals surface area contributed by atoms with Crippen LogP contribution in [0.25, 0.3) is 11.5 Å². The van der Waals surface area contributed by atoms with E-state index in [0.29, 0.717) is 23.0 Å². The lowest BCUT2D eigenvalue weighted by Crippen LogP contribution is -2.00. The molecule has 2 heterocycles. The Morgan fingerprint density at radius 3 is 2.95 bits per heavy atom. The van der Waals surface area contributed by atoms with Crippen LogP contribution in [-0.2, 0) is 6.54 Å². The summed E-state index contributed by atoms with van der Waals surface area (Å²) in [4.78, 5) is 0. The molecular formula is C15H13ClFN3O.